The molecule has 40 heavy (non-hydrogen) atoms. The van der Waals surface area contributed by atoms with Crippen LogP contribution in [0.3, 0.4) is 0 Å². The third-order valence-electron chi connectivity index (χ3n) is 11.7. The topological polar surface area (TPSA) is 94.1 Å². The molecule has 5 aliphatic rings. The minimum absolute atomic E-state index is 0.0849. The Morgan fingerprint density at radius 2 is 1.93 bits per heavy atom. The number of methoxy groups -OCH3 is 1. The van der Waals surface area contributed by atoms with Gasteiger partial charge < -0.3 is 24.6 Å². The van der Waals surface area contributed by atoms with Crippen LogP contribution in [-0.4, -0.2) is 49.5 Å². The van der Waals surface area contributed by atoms with E-state index in [-0.39, 0.29) is 24.0 Å². The lowest BCUT2D eigenvalue weighted by molar-refractivity contribution is -0.148. The monoisotopic (exact) mass is 551 g/mol. The number of aliphatic hydroxyl groups is 1. The summed E-state index contributed by atoms with van der Waals surface area (Å²) < 4.78 is 17.2. The molecular formula is C33H45NO6. The van der Waals surface area contributed by atoms with E-state index in [0.29, 0.717) is 47.5 Å². The molecule has 1 amide bonds. The number of Topliss-reactive ketones (excluding diaryl/α,β-unsaturated/α-hetero) is 1. The van der Waals surface area contributed by atoms with E-state index in [4.69, 9.17) is 14.2 Å². The minimum Gasteiger partial charge on any atom is -0.497 e. The third kappa shape index (κ3) is 4.87. The zero-order valence-corrected chi connectivity index (χ0v) is 24.2. The highest BCUT2D eigenvalue weighted by Crippen LogP contribution is 2.66. The standard InChI is InChI=1S/C33H45NO6/c1-32-13-10-22(35)17-21(32)4-6-25-26-8-9-29(33(26,2)14-11-27(25)32)39-19-30(36)34-15-12-20-16-31(37)40-28-18-23(38-3)5-7-24(20)28/h5,7,16,18,21,25-27,29,31,37H,4,6,8-15,17,19H2,1-3H3,(H,34,36)/t21-,25-,26-,27-,29-,31?,32-,33-/m0/s1. The van der Waals surface area contributed by atoms with Crippen LogP contribution in [0.1, 0.15) is 83.6 Å². The van der Waals surface area contributed by atoms with Gasteiger partial charge in [-0.15, -0.1) is 0 Å². The van der Waals surface area contributed by atoms with Crippen molar-refractivity contribution >= 4 is 17.3 Å². The van der Waals surface area contributed by atoms with Gasteiger partial charge in [-0.05, 0) is 110 Å². The highest BCUT2D eigenvalue weighted by Gasteiger charge is 2.60. The Bertz CT molecular complexity index is 1180. The molecule has 0 spiro atoms. The summed E-state index contributed by atoms with van der Waals surface area (Å²) in [5.74, 6) is 4.31. The molecule has 4 aliphatic carbocycles. The zero-order valence-electron chi connectivity index (χ0n) is 24.2. The number of nitrogens with one attached hydrogen (secondary N) is 1. The molecule has 0 radical (unpaired) electrons. The van der Waals surface area contributed by atoms with Gasteiger partial charge in [-0.1, -0.05) is 13.8 Å². The van der Waals surface area contributed by atoms with E-state index in [0.717, 1.165) is 55.1 Å². The summed E-state index contributed by atoms with van der Waals surface area (Å²) in [5.41, 5.74) is 2.29. The summed E-state index contributed by atoms with van der Waals surface area (Å²) in [5, 5.41) is 13.1. The second kappa shape index (κ2) is 10.8. The zero-order chi connectivity index (χ0) is 28.1. The fourth-order valence-corrected chi connectivity index (χ4v) is 9.47. The Kier molecular flexibility index (Phi) is 7.49. The summed E-state index contributed by atoms with van der Waals surface area (Å²) in [7, 11) is 1.60. The van der Waals surface area contributed by atoms with Gasteiger partial charge in [0.05, 0.1) is 13.2 Å². The molecule has 0 aromatic heterocycles. The summed E-state index contributed by atoms with van der Waals surface area (Å²) in [6.45, 7) is 5.45. The lowest BCUT2D eigenvalue weighted by Gasteiger charge is -2.60. The highest BCUT2D eigenvalue weighted by molar-refractivity contribution is 5.80. The van der Waals surface area contributed by atoms with Crippen molar-refractivity contribution < 1.29 is 28.9 Å². The molecule has 8 atom stereocenters. The Labute approximate surface area is 238 Å². The van der Waals surface area contributed by atoms with Gasteiger partial charge in [0.15, 0.2) is 0 Å². The van der Waals surface area contributed by atoms with Crippen LogP contribution in [0.5, 0.6) is 11.5 Å². The van der Waals surface area contributed by atoms with E-state index in [1.807, 2.05) is 12.1 Å². The molecule has 1 aromatic carbocycles. The normalized spacial score (nSPS) is 38.2. The van der Waals surface area contributed by atoms with Crippen molar-refractivity contribution in [3.63, 3.8) is 0 Å². The molecule has 1 aromatic rings. The van der Waals surface area contributed by atoms with Gasteiger partial charge in [0.25, 0.3) is 0 Å². The van der Waals surface area contributed by atoms with Crippen LogP contribution < -0.4 is 14.8 Å². The van der Waals surface area contributed by atoms with E-state index in [2.05, 4.69) is 19.2 Å². The predicted molar refractivity (Wildman–Crippen MR) is 152 cm³/mol. The molecule has 1 unspecified atom stereocenters. The Morgan fingerprint density at radius 1 is 1.10 bits per heavy atom. The second-order valence-electron chi connectivity index (χ2n) is 13.5. The highest BCUT2D eigenvalue weighted by atomic mass is 16.6. The Hall–Kier alpha value is -2.38. The average molecular weight is 552 g/mol. The second-order valence-corrected chi connectivity index (χ2v) is 13.5. The van der Waals surface area contributed by atoms with Crippen molar-refractivity contribution in [3.05, 3.63) is 29.8 Å². The van der Waals surface area contributed by atoms with Gasteiger partial charge in [0, 0.05) is 31.0 Å². The summed E-state index contributed by atoms with van der Waals surface area (Å²) in [6, 6.07) is 5.55. The van der Waals surface area contributed by atoms with Crippen LogP contribution in [0, 0.1) is 34.5 Å². The number of carbonyl (C=O) groups excluding carboxylic acids is 2. The fourth-order valence-electron chi connectivity index (χ4n) is 9.47. The number of benzene rings is 1. The summed E-state index contributed by atoms with van der Waals surface area (Å²) >= 11 is 0. The van der Waals surface area contributed by atoms with Crippen molar-refractivity contribution in [1.29, 1.82) is 0 Å². The number of carbonyl (C=O) groups is 2. The summed E-state index contributed by atoms with van der Waals surface area (Å²) in [6.07, 6.45) is 11.1. The molecule has 7 nitrogen and oxygen atoms in total. The van der Waals surface area contributed by atoms with E-state index in [1.165, 1.54) is 25.7 Å². The molecule has 1 heterocycles. The van der Waals surface area contributed by atoms with Gasteiger partial charge in [-0.2, -0.15) is 0 Å². The van der Waals surface area contributed by atoms with E-state index in [9.17, 15) is 14.7 Å². The Balaban J connectivity index is 1.01. The molecule has 7 heteroatoms. The molecule has 1 aliphatic heterocycles. The minimum atomic E-state index is -1.02. The van der Waals surface area contributed by atoms with E-state index >= 15 is 0 Å². The Morgan fingerprint density at radius 3 is 2.75 bits per heavy atom. The number of ether oxygens (including phenoxy) is 3. The lowest BCUT2D eigenvalue weighted by Crippen LogP contribution is -2.54. The molecule has 4 fully saturated rings. The number of amides is 1. The molecule has 2 N–H and O–H groups in total. The first-order chi connectivity index (χ1) is 19.2. The van der Waals surface area contributed by atoms with Gasteiger partial charge >= 0.3 is 0 Å². The molecular weight excluding hydrogens is 506 g/mol. The maximum atomic E-state index is 12.8. The van der Waals surface area contributed by atoms with E-state index < -0.39 is 6.29 Å². The van der Waals surface area contributed by atoms with Crippen LogP contribution in [0.4, 0.5) is 0 Å². The summed E-state index contributed by atoms with van der Waals surface area (Å²) in [4.78, 5) is 25.0. The largest absolute Gasteiger partial charge is 0.497 e. The quantitative estimate of drug-likeness (QED) is 0.478. The average Bonchev–Trinajstić information content (AvgIpc) is 3.28. The smallest absolute Gasteiger partial charge is 0.246 e. The fraction of sp³-hybridized carbons (Fsp3) is 0.697. The maximum Gasteiger partial charge on any atom is 0.246 e. The molecule has 6 rings (SSSR count). The van der Waals surface area contributed by atoms with Crippen LogP contribution in [0.25, 0.3) is 5.57 Å². The first-order valence-electron chi connectivity index (χ1n) is 15.3. The van der Waals surface area contributed by atoms with Crippen LogP contribution in [-0.2, 0) is 14.3 Å². The molecule has 4 saturated carbocycles. The van der Waals surface area contributed by atoms with Gasteiger partial charge in [-0.25, -0.2) is 0 Å². The molecule has 218 valence electrons. The SMILES string of the molecule is COc1ccc2c(c1)OC(O)C=C2CCNC(=O)CO[C@H]1CC[C@H]2[C@@H]3CC[C@H]4CC(=O)CC[C@]4(C)[C@H]3CC[C@]12C. The number of hydrogen-bond acceptors (Lipinski definition) is 6. The van der Waals surface area contributed by atoms with Crippen LogP contribution in [0.15, 0.2) is 24.3 Å². The number of aliphatic hydroxyl groups excluding tert-OH is 1. The van der Waals surface area contributed by atoms with E-state index in [1.54, 1.807) is 19.3 Å². The van der Waals surface area contributed by atoms with Crippen molar-refractivity contribution in [3.8, 4) is 11.5 Å². The van der Waals surface area contributed by atoms with Gasteiger partial charge in [-0.3, -0.25) is 9.59 Å². The third-order valence-corrected chi connectivity index (χ3v) is 11.7. The maximum absolute atomic E-state index is 12.8. The lowest BCUT2D eigenvalue weighted by atomic mass is 9.45. The first kappa shape index (κ1) is 27.8. The van der Waals surface area contributed by atoms with Crippen molar-refractivity contribution in [2.24, 2.45) is 34.5 Å². The van der Waals surface area contributed by atoms with Crippen molar-refractivity contribution in [2.45, 2.75) is 90.4 Å². The predicted octanol–water partition coefficient (Wildman–Crippen LogP) is 5.29. The van der Waals surface area contributed by atoms with Crippen LogP contribution in [0.2, 0.25) is 0 Å². The number of hydrogen-bond donors (Lipinski definition) is 2. The van der Waals surface area contributed by atoms with Crippen LogP contribution >= 0.6 is 0 Å². The molecule has 0 saturated heterocycles. The van der Waals surface area contributed by atoms with Crippen molar-refractivity contribution in [2.75, 3.05) is 20.3 Å². The van der Waals surface area contributed by atoms with Crippen molar-refractivity contribution in [1.82, 2.24) is 5.32 Å². The van der Waals surface area contributed by atoms with Gasteiger partial charge in [0.1, 0.15) is 23.9 Å². The number of ketones is 1. The number of fused-ring (bicyclic) bond motifs is 6. The first-order valence-corrected chi connectivity index (χ1v) is 15.3. The number of rotatable bonds is 7. The molecule has 0 bridgehead atoms. The van der Waals surface area contributed by atoms with Gasteiger partial charge in [0.2, 0.25) is 12.2 Å².